The summed E-state index contributed by atoms with van der Waals surface area (Å²) in [7, 11) is 0. The van der Waals surface area contributed by atoms with Gasteiger partial charge in [0, 0.05) is 0 Å². The maximum atomic E-state index is 9.69. The third kappa shape index (κ3) is 21.3. The summed E-state index contributed by atoms with van der Waals surface area (Å²) in [6, 6.07) is 0. The van der Waals surface area contributed by atoms with E-state index in [4.69, 9.17) is 4.74 Å². The molecule has 1 N–H and O–H groups in total. The minimum atomic E-state index is 0.138. The molecule has 0 rings (SSSR count). The van der Waals surface area contributed by atoms with Crippen LogP contribution in [0.3, 0.4) is 0 Å². The molecule has 0 aliphatic rings. The van der Waals surface area contributed by atoms with Crippen molar-refractivity contribution in [3.05, 3.63) is 12.0 Å². The summed E-state index contributed by atoms with van der Waals surface area (Å²) in [5.74, 6) is 0.995. The lowest BCUT2D eigenvalue weighted by Crippen LogP contribution is -1.95. The highest BCUT2D eigenvalue weighted by Crippen LogP contribution is 2.13. The first-order valence-electron chi connectivity index (χ1n) is 11.2. The Labute approximate surface area is 158 Å². The van der Waals surface area contributed by atoms with Crippen LogP contribution in [0.2, 0.25) is 0 Å². The van der Waals surface area contributed by atoms with Crippen LogP contribution >= 0.6 is 0 Å². The number of ether oxygens (including phenoxy) is 1. The fraction of sp³-hybridized carbons (Fsp3) is 0.913. The van der Waals surface area contributed by atoms with Crippen LogP contribution in [0.1, 0.15) is 124 Å². The number of unbranched alkanes of at least 4 members (excludes halogenated alkanes) is 13. The molecule has 2 nitrogen and oxygen atoms in total. The van der Waals surface area contributed by atoms with Gasteiger partial charge in [0.15, 0.2) is 0 Å². The van der Waals surface area contributed by atoms with E-state index in [1.165, 1.54) is 83.5 Å². The molecule has 0 spiro atoms. The molecule has 0 aromatic heterocycles. The highest BCUT2D eigenvalue weighted by atomic mass is 16.6. The highest BCUT2D eigenvalue weighted by molar-refractivity contribution is 4.81. The van der Waals surface area contributed by atoms with E-state index >= 15 is 0 Å². The Morgan fingerprint density at radius 2 is 1.28 bits per heavy atom. The molecule has 0 atom stereocenters. The SMILES string of the molecule is CCCCCCCCC=C(O)OCCCCCCCCCCC(C)C. The van der Waals surface area contributed by atoms with E-state index in [1.807, 2.05) is 6.08 Å². The van der Waals surface area contributed by atoms with Gasteiger partial charge < -0.3 is 9.84 Å². The lowest BCUT2D eigenvalue weighted by atomic mass is 10.0. The average molecular weight is 355 g/mol. The van der Waals surface area contributed by atoms with Crippen LogP contribution in [0.25, 0.3) is 0 Å². The first-order valence-corrected chi connectivity index (χ1v) is 11.2. The molecule has 0 amide bonds. The van der Waals surface area contributed by atoms with Crippen molar-refractivity contribution >= 4 is 0 Å². The summed E-state index contributed by atoms with van der Waals surface area (Å²) in [5.41, 5.74) is 0. The van der Waals surface area contributed by atoms with Crippen molar-refractivity contribution in [2.24, 2.45) is 5.92 Å². The van der Waals surface area contributed by atoms with Gasteiger partial charge in [-0.3, -0.25) is 0 Å². The largest absolute Gasteiger partial charge is 0.481 e. The molecule has 0 radical (unpaired) electrons. The highest BCUT2D eigenvalue weighted by Gasteiger charge is 1.97. The molecule has 0 saturated carbocycles. The Balaban J connectivity index is 3.23. The summed E-state index contributed by atoms with van der Waals surface area (Å²) in [4.78, 5) is 0. The standard InChI is InChI=1S/C23H46O2/c1-4-5-6-7-10-14-17-20-23(24)25-21-18-15-12-9-8-11-13-16-19-22(2)3/h20,22,24H,4-19,21H2,1-3H3. The number of aliphatic hydroxyl groups excluding tert-OH is 1. The molecule has 25 heavy (non-hydrogen) atoms. The predicted molar refractivity (Wildman–Crippen MR) is 111 cm³/mol. The molecule has 0 unspecified atom stereocenters. The minimum Gasteiger partial charge on any atom is -0.481 e. The third-order valence-corrected chi connectivity index (χ3v) is 4.80. The van der Waals surface area contributed by atoms with E-state index in [0.29, 0.717) is 6.61 Å². The van der Waals surface area contributed by atoms with Crippen LogP contribution < -0.4 is 0 Å². The van der Waals surface area contributed by atoms with Crippen LogP contribution in [0.4, 0.5) is 0 Å². The van der Waals surface area contributed by atoms with Crippen LogP contribution in [-0.4, -0.2) is 11.7 Å². The molecule has 0 aromatic carbocycles. The quantitative estimate of drug-likeness (QED) is 0.187. The van der Waals surface area contributed by atoms with Gasteiger partial charge in [-0.15, -0.1) is 0 Å². The molecule has 0 bridgehead atoms. The summed E-state index contributed by atoms with van der Waals surface area (Å²) >= 11 is 0. The Morgan fingerprint density at radius 3 is 1.88 bits per heavy atom. The fourth-order valence-electron chi connectivity index (χ4n) is 3.10. The van der Waals surface area contributed by atoms with Crippen molar-refractivity contribution in [3.63, 3.8) is 0 Å². The van der Waals surface area contributed by atoms with E-state index < -0.39 is 0 Å². The first kappa shape index (κ1) is 24.3. The second-order valence-electron chi connectivity index (χ2n) is 7.96. The summed E-state index contributed by atoms with van der Waals surface area (Å²) in [5, 5.41) is 9.69. The minimum absolute atomic E-state index is 0.138. The van der Waals surface area contributed by atoms with Gasteiger partial charge in [-0.05, 0) is 31.3 Å². The monoisotopic (exact) mass is 354 g/mol. The van der Waals surface area contributed by atoms with Crippen LogP contribution in [-0.2, 0) is 4.74 Å². The zero-order valence-corrected chi connectivity index (χ0v) is 17.5. The molecule has 0 fully saturated rings. The normalized spacial score (nSPS) is 12.1. The lowest BCUT2D eigenvalue weighted by Gasteiger charge is -2.06. The second-order valence-corrected chi connectivity index (χ2v) is 7.96. The summed E-state index contributed by atoms with van der Waals surface area (Å²) < 4.78 is 5.39. The van der Waals surface area contributed by atoms with E-state index in [-0.39, 0.29) is 5.95 Å². The molecule has 0 heterocycles. The molecule has 0 saturated heterocycles. The van der Waals surface area contributed by atoms with Gasteiger partial charge in [0.1, 0.15) is 0 Å². The number of rotatable bonds is 19. The maximum Gasteiger partial charge on any atom is 0.272 e. The Kier molecular flexibility index (Phi) is 19.1. The number of hydrogen-bond acceptors (Lipinski definition) is 2. The summed E-state index contributed by atoms with van der Waals surface area (Å²) in [6.45, 7) is 7.52. The zero-order chi connectivity index (χ0) is 18.6. The Bertz CT molecular complexity index is 284. The molecule has 0 aromatic rings. The first-order chi connectivity index (χ1) is 12.2. The van der Waals surface area contributed by atoms with E-state index in [1.54, 1.807) is 0 Å². The van der Waals surface area contributed by atoms with Crippen molar-refractivity contribution in [1.29, 1.82) is 0 Å². The van der Waals surface area contributed by atoms with Crippen LogP contribution in [0.5, 0.6) is 0 Å². The molecule has 0 aliphatic carbocycles. The van der Waals surface area contributed by atoms with Crippen molar-refractivity contribution in [2.45, 2.75) is 124 Å². The van der Waals surface area contributed by atoms with Crippen molar-refractivity contribution < 1.29 is 9.84 Å². The molecular weight excluding hydrogens is 308 g/mol. The molecule has 2 heteroatoms. The molecule has 150 valence electrons. The van der Waals surface area contributed by atoms with Gasteiger partial charge >= 0.3 is 0 Å². The molecule has 0 aliphatic heterocycles. The summed E-state index contributed by atoms with van der Waals surface area (Å²) in [6.07, 6.45) is 22.4. The Hall–Kier alpha value is -0.660. The van der Waals surface area contributed by atoms with E-state index in [9.17, 15) is 5.11 Å². The van der Waals surface area contributed by atoms with Gasteiger partial charge in [-0.1, -0.05) is 104 Å². The zero-order valence-electron chi connectivity index (χ0n) is 17.5. The topological polar surface area (TPSA) is 29.5 Å². The van der Waals surface area contributed by atoms with Crippen LogP contribution in [0.15, 0.2) is 12.0 Å². The van der Waals surface area contributed by atoms with Crippen molar-refractivity contribution in [3.8, 4) is 0 Å². The van der Waals surface area contributed by atoms with Gasteiger partial charge in [0.05, 0.1) is 6.61 Å². The maximum absolute atomic E-state index is 9.69. The number of aliphatic hydroxyl groups is 1. The van der Waals surface area contributed by atoms with Gasteiger partial charge in [0.2, 0.25) is 0 Å². The third-order valence-electron chi connectivity index (χ3n) is 4.80. The van der Waals surface area contributed by atoms with Crippen molar-refractivity contribution in [1.82, 2.24) is 0 Å². The average Bonchev–Trinajstić information content (AvgIpc) is 2.58. The number of allylic oxidation sites excluding steroid dienone is 1. The number of hydrogen-bond donors (Lipinski definition) is 1. The predicted octanol–water partition coefficient (Wildman–Crippen LogP) is 8.32. The lowest BCUT2D eigenvalue weighted by molar-refractivity contribution is 0.0891. The van der Waals surface area contributed by atoms with Crippen LogP contribution in [0, 0.1) is 5.92 Å². The smallest absolute Gasteiger partial charge is 0.272 e. The fourth-order valence-corrected chi connectivity index (χ4v) is 3.10. The second kappa shape index (κ2) is 19.7. The van der Waals surface area contributed by atoms with Gasteiger partial charge in [-0.25, -0.2) is 0 Å². The van der Waals surface area contributed by atoms with Gasteiger partial charge in [-0.2, -0.15) is 0 Å². The van der Waals surface area contributed by atoms with E-state index in [0.717, 1.165) is 25.2 Å². The Morgan fingerprint density at radius 1 is 0.760 bits per heavy atom. The molecular formula is C23H46O2. The van der Waals surface area contributed by atoms with Crippen molar-refractivity contribution in [2.75, 3.05) is 6.61 Å². The van der Waals surface area contributed by atoms with Gasteiger partial charge in [0.25, 0.3) is 5.95 Å². The van der Waals surface area contributed by atoms with E-state index in [2.05, 4.69) is 20.8 Å².